The highest BCUT2D eigenvalue weighted by molar-refractivity contribution is 7.30. The first kappa shape index (κ1) is 29.5. The predicted octanol–water partition coefficient (Wildman–Crippen LogP) is 8.17. The van der Waals surface area contributed by atoms with Gasteiger partial charge in [0.1, 0.15) is 30.8 Å². The van der Waals surface area contributed by atoms with Crippen molar-refractivity contribution in [2.75, 3.05) is 13.2 Å². The molecule has 7 nitrogen and oxygen atoms in total. The molecule has 0 aliphatic heterocycles. The van der Waals surface area contributed by atoms with Crippen molar-refractivity contribution in [2.45, 2.75) is 26.8 Å². The number of carbonyl (C=O) groups is 2. The molecular weight excluding hydrogens is 619 g/mol. The van der Waals surface area contributed by atoms with Crippen LogP contribution in [0.15, 0.2) is 48.5 Å². The highest BCUT2D eigenvalue weighted by atomic mass is 32.1. The summed E-state index contributed by atoms with van der Waals surface area (Å²) in [4.78, 5) is 33.2. The third-order valence-electron chi connectivity index (χ3n) is 6.06. The first-order valence-electron chi connectivity index (χ1n) is 12.6. The summed E-state index contributed by atoms with van der Waals surface area (Å²) in [6, 6.07) is 15.2. The lowest BCUT2D eigenvalue weighted by atomic mass is 10.2. The van der Waals surface area contributed by atoms with Crippen LogP contribution in [-0.2, 0) is 9.59 Å². The summed E-state index contributed by atoms with van der Waals surface area (Å²) in [5, 5.41) is 18.6. The van der Waals surface area contributed by atoms with E-state index >= 15 is 0 Å². The fourth-order valence-electron chi connectivity index (χ4n) is 3.80. The number of hydrogen-bond acceptors (Lipinski definition) is 10. The van der Waals surface area contributed by atoms with Crippen LogP contribution in [0.3, 0.4) is 0 Å². The number of ether oxygens (including phenoxy) is 2. The van der Waals surface area contributed by atoms with Crippen molar-refractivity contribution in [2.24, 2.45) is 11.7 Å². The van der Waals surface area contributed by atoms with Crippen LogP contribution in [0.25, 0.3) is 39.0 Å². The Bertz CT molecular complexity index is 1570. The standard InChI is InChI=1S/C29H27NO6S5/c1-14(28(31)32)12-35-18-10-24(20-6-4-15(2)37-20)40-26(18)22-8-9-23(39-22)27-19(36-13-17(30)29(33)34)11-25(41-27)21-7-5-16(3)38-21/h4-11,14,17H,12-13,30H2,1-3H3,(H,31,32)(H,33,34). The Morgan fingerprint density at radius 3 is 1.56 bits per heavy atom. The summed E-state index contributed by atoms with van der Waals surface area (Å²) in [5.41, 5.74) is 5.73. The molecule has 0 aromatic carbocycles. The van der Waals surface area contributed by atoms with Crippen LogP contribution >= 0.6 is 56.7 Å². The molecule has 0 saturated heterocycles. The maximum absolute atomic E-state index is 11.4. The summed E-state index contributed by atoms with van der Waals surface area (Å²) >= 11 is 8.17. The molecule has 0 radical (unpaired) electrons. The summed E-state index contributed by atoms with van der Waals surface area (Å²) in [5.74, 6) is -1.42. The van der Waals surface area contributed by atoms with Gasteiger partial charge in [-0.25, -0.2) is 0 Å². The second kappa shape index (κ2) is 12.5. The predicted molar refractivity (Wildman–Crippen MR) is 170 cm³/mol. The minimum atomic E-state index is -1.13. The van der Waals surface area contributed by atoms with Crippen LogP contribution in [0.5, 0.6) is 11.5 Å². The van der Waals surface area contributed by atoms with E-state index in [2.05, 4.69) is 38.1 Å². The zero-order valence-corrected chi connectivity index (χ0v) is 26.4. The van der Waals surface area contributed by atoms with Crippen molar-refractivity contribution in [3.05, 3.63) is 58.3 Å². The van der Waals surface area contributed by atoms with Crippen molar-refractivity contribution in [1.82, 2.24) is 0 Å². The number of aryl methyl sites for hydroxylation is 2. The third-order valence-corrected chi connectivity index (χ3v) is 12.1. The molecule has 41 heavy (non-hydrogen) atoms. The molecule has 214 valence electrons. The SMILES string of the molecule is Cc1ccc(-c2cc(OCC(C)C(=O)O)c(-c3ccc(-c4sc(-c5ccc(C)s5)cc4OCC(N)C(=O)O)s3)s2)s1. The average Bonchev–Trinajstić information content (AvgIpc) is 3.75. The van der Waals surface area contributed by atoms with Gasteiger partial charge in [0.25, 0.3) is 0 Å². The van der Waals surface area contributed by atoms with Crippen molar-refractivity contribution < 1.29 is 29.3 Å². The molecule has 5 heterocycles. The van der Waals surface area contributed by atoms with E-state index in [0.29, 0.717) is 11.5 Å². The molecular formula is C29H27NO6S5. The fraction of sp³-hybridized carbons (Fsp3) is 0.241. The Kier molecular flexibility index (Phi) is 8.97. The largest absolute Gasteiger partial charge is 0.491 e. The van der Waals surface area contributed by atoms with E-state index in [9.17, 15) is 19.8 Å². The summed E-state index contributed by atoms with van der Waals surface area (Å²) in [6.07, 6.45) is 0. The minimum absolute atomic E-state index is 0.0660. The zero-order chi connectivity index (χ0) is 29.3. The highest BCUT2D eigenvalue weighted by Crippen LogP contribution is 2.51. The number of hydrogen-bond donors (Lipinski definition) is 3. The van der Waals surface area contributed by atoms with Gasteiger partial charge in [0.05, 0.1) is 15.7 Å². The number of carboxylic acid groups (broad SMARTS) is 2. The van der Waals surface area contributed by atoms with Gasteiger partial charge in [0.15, 0.2) is 0 Å². The highest BCUT2D eigenvalue weighted by Gasteiger charge is 2.22. The van der Waals surface area contributed by atoms with Crippen molar-refractivity contribution in [3.8, 4) is 50.5 Å². The minimum Gasteiger partial charge on any atom is -0.491 e. The molecule has 0 saturated carbocycles. The molecule has 0 fully saturated rings. The average molecular weight is 646 g/mol. The summed E-state index contributed by atoms with van der Waals surface area (Å²) in [7, 11) is 0. The van der Waals surface area contributed by atoms with Crippen LogP contribution in [0, 0.1) is 19.8 Å². The Balaban J connectivity index is 1.51. The molecule has 5 rings (SSSR count). The lowest BCUT2D eigenvalue weighted by molar-refractivity contribution is -0.142. The van der Waals surface area contributed by atoms with Gasteiger partial charge in [-0.05, 0) is 57.2 Å². The monoisotopic (exact) mass is 645 g/mol. The Labute approximate surface area is 257 Å². The molecule has 5 aromatic heterocycles. The van der Waals surface area contributed by atoms with E-state index in [1.165, 1.54) is 9.75 Å². The van der Waals surface area contributed by atoms with Crippen LogP contribution in [0.1, 0.15) is 16.7 Å². The summed E-state index contributed by atoms with van der Waals surface area (Å²) in [6.45, 7) is 5.67. The molecule has 0 spiro atoms. The van der Waals surface area contributed by atoms with E-state index in [-0.39, 0.29) is 13.2 Å². The van der Waals surface area contributed by atoms with Gasteiger partial charge in [-0.3, -0.25) is 9.59 Å². The smallest absolute Gasteiger partial charge is 0.324 e. The molecule has 0 bridgehead atoms. The van der Waals surface area contributed by atoms with Gasteiger partial charge in [-0.2, -0.15) is 0 Å². The normalized spacial score (nSPS) is 12.8. The third kappa shape index (κ3) is 6.74. The molecule has 0 aliphatic carbocycles. The van der Waals surface area contributed by atoms with Crippen LogP contribution in [-0.4, -0.2) is 41.4 Å². The lowest BCUT2D eigenvalue weighted by Gasteiger charge is -2.09. The van der Waals surface area contributed by atoms with Gasteiger partial charge in [-0.15, -0.1) is 56.7 Å². The fourth-order valence-corrected chi connectivity index (χ4v) is 9.14. The van der Waals surface area contributed by atoms with Crippen LogP contribution in [0.4, 0.5) is 0 Å². The number of thiophene rings is 5. The van der Waals surface area contributed by atoms with Gasteiger partial charge in [0, 0.05) is 51.1 Å². The Hall–Kier alpha value is -3.00. The maximum atomic E-state index is 11.4. The van der Waals surface area contributed by atoms with E-state index in [1.54, 1.807) is 63.6 Å². The molecule has 0 aliphatic rings. The quantitative estimate of drug-likeness (QED) is 0.125. The van der Waals surface area contributed by atoms with E-state index in [0.717, 1.165) is 39.0 Å². The Morgan fingerprint density at radius 1 is 0.683 bits per heavy atom. The number of rotatable bonds is 12. The maximum Gasteiger partial charge on any atom is 0.324 e. The number of carboxylic acids is 2. The second-order valence-electron chi connectivity index (χ2n) is 9.40. The van der Waals surface area contributed by atoms with E-state index in [1.807, 2.05) is 24.3 Å². The van der Waals surface area contributed by atoms with E-state index < -0.39 is 23.9 Å². The van der Waals surface area contributed by atoms with Gasteiger partial charge >= 0.3 is 11.9 Å². The number of aliphatic carboxylic acids is 2. The number of nitrogens with two attached hydrogens (primary N) is 1. The topological polar surface area (TPSA) is 119 Å². The van der Waals surface area contributed by atoms with Gasteiger partial charge in [0.2, 0.25) is 0 Å². The Morgan fingerprint density at radius 2 is 1.15 bits per heavy atom. The molecule has 2 unspecified atom stereocenters. The first-order chi connectivity index (χ1) is 19.6. The van der Waals surface area contributed by atoms with Crippen molar-refractivity contribution >= 4 is 68.6 Å². The molecule has 12 heteroatoms. The van der Waals surface area contributed by atoms with E-state index in [4.69, 9.17) is 15.2 Å². The van der Waals surface area contributed by atoms with Crippen molar-refractivity contribution in [1.29, 1.82) is 0 Å². The van der Waals surface area contributed by atoms with Gasteiger partial charge in [-0.1, -0.05) is 0 Å². The van der Waals surface area contributed by atoms with Crippen LogP contribution < -0.4 is 15.2 Å². The lowest BCUT2D eigenvalue weighted by Crippen LogP contribution is -2.36. The summed E-state index contributed by atoms with van der Waals surface area (Å²) < 4.78 is 12.0. The molecule has 5 aromatic rings. The van der Waals surface area contributed by atoms with Crippen LogP contribution in [0.2, 0.25) is 0 Å². The first-order valence-corrected chi connectivity index (χ1v) is 16.7. The molecule has 2 atom stereocenters. The molecule has 0 amide bonds. The second-order valence-corrected chi connectivity index (χ2v) is 15.2. The molecule has 4 N–H and O–H groups in total. The van der Waals surface area contributed by atoms with Crippen molar-refractivity contribution in [3.63, 3.8) is 0 Å². The zero-order valence-electron chi connectivity index (χ0n) is 22.3. The van der Waals surface area contributed by atoms with Gasteiger partial charge < -0.3 is 25.4 Å².